The molecule has 2 aromatic carbocycles. The Morgan fingerprint density at radius 2 is 1.95 bits per heavy atom. The summed E-state index contributed by atoms with van der Waals surface area (Å²) in [4.78, 5) is 0. The second kappa shape index (κ2) is 5.24. The zero-order valence-corrected chi connectivity index (χ0v) is 11.4. The molecular formula is C16H16ClNO. The van der Waals surface area contributed by atoms with Crippen LogP contribution in [0.5, 0.6) is 11.5 Å². The molecule has 98 valence electrons. The van der Waals surface area contributed by atoms with E-state index in [-0.39, 0.29) is 0 Å². The molecule has 0 unspecified atom stereocenters. The number of halogens is 1. The van der Waals surface area contributed by atoms with E-state index in [0.717, 1.165) is 23.5 Å². The maximum atomic E-state index is 6.13. The Kier molecular flexibility index (Phi) is 3.45. The smallest absolute Gasteiger partial charge is 0.133 e. The van der Waals surface area contributed by atoms with Crippen LogP contribution in [0.1, 0.15) is 23.1 Å². The fraction of sp³-hybridized carbons (Fsp3) is 0.250. The van der Waals surface area contributed by atoms with E-state index < -0.39 is 0 Å². The van der Waals surface area contributed by atoms with Gasteiger partial charge in [-0.3, -0.25) is 0 Å². The van der Waals surface area contributed by atoms with Gasteiger partial charge in [0.1, 0.15) is 11.5 Å². The van der Waals surface area contributed by atoms with Crippen LogP contribution < -0.4 is 10.5 Å². The first-order valence-electron chi connectivity index (χ1n) is 6.55. The minimum atomic E-state index is 0.375. The molecule has 0 aliphatic heterocycles. The molecule has 3 heteroatoms. The minimum absolute atomic E-state index is 0.375. The van der Waals surface area contributed by atoms with Gasteiger partial charge in [0, 0.05) is 17.1 Å². The topological polar surface area (TPSA) is 35.2 Å². The number of ether oxygens (including phenoxy) is 1. The number of rotatable bonds is 3. The van der Waals surface area contributed by atoms with Gasteiger partial charge in [0.25, 0.3) is 0 Å². The molecule has 1 aliphatic rings. The third-order valence-corrected chi connectivity index (χ3v) is 3.93. The molecule has 0 amide bonds. The summed E-state index contributed by atoms with van der Waals surface area (Å²) in [6.07, 6.45) is 3.57. The number of aryl methyl sites for hydroxylation is 2. The van der Waals surface area contributed by atoms with Crippen LogP contribution in [0.3, 0.4) is 0 Å². The molecule has 0 radical (unpaired) electrons. The molecule has 0 bridgehead atoms. The van der Waals surface area contributed by atoms with Crippen molar-refractivity contribution in [3.05, 3.63) is 58.1 Å². The van der Waals surface area contributed by atoms with Crippen molar-refractivity contribution >= 4 is 11.6 Å². The van der Waals surface area contributed by atoms with E-state index in [9.17, 15) is 0 Å². The summed E-state index contributed by atoms with van der Waals surface area (Å²) in [6, 6.07) is 11.9. The van der Waals surface area contributed by atoms with Crippen molar-refractivity contribution in [3.63, 3.8) is 0 Å². The van der Waals surface area contributed by atoms with Crippen LogP contribution in [0.4, 0.5) is 0 Å². The molecule has 1 aliphatic carbocycles. The van der Waals surface area contributed by atoms with E-state index >= 15 is 0 Å². The van der Waals surface area contributed by atoms with Gasteiger partial charge in [-0.25, -0.2) is 0 Å². The minimum Gasteiger partial charge on any atom is -0.457 e. The fourth-order valence-electron chi connectivity index (χ4n) is 2.57. The van der Waals surface area contributed by atoms with E-state index in [0.29, 0.717) is 11.6 Å². The Bertz CT molecular complexity index is 610. The summed E-state index contributed by atoms with van der Waals surface area (Å²) < 4.78 is 5.94. The van der Waals surface area contributed by atoms with Gasteiger partial charge in [0.05, 0.1) is 0 Å². The quantitative estimate of drug-likeness (QED) is 0.914. The van der Waals surface area contributed by atoms with Crippen LogP contribution in [0.25, 0.3) is 0 Å². The van der Waals surface area contributed by atoms with Crippen molar-refractivity contribution in [1.82, 2.24) is 0 Å². The van der Waals surface area contributed by atoms with Gasteiger partial charge in [0.2, 0.25) is 0 Å². The van der Waals surface area contributed by atoms with Crippen LogP contribution >= 0.6 is 11.6 Å². The maximum absolute atomic E-state index is 6.13. The zero-order valence-electron chi connectivity index (χ0n) is 10.7. The summed E-state index contributed by atoms with van der Waals surface area (Å²) in [5, 5.41) is 0.654. The van der Waals surface area contributed by atoms with Gasteiger partial charge in [-0.05, 0) is 54.7 Å². The number of hydrogen-bond acceptors (Lipinski definition) is 2. The van der Waals surface area contributed by atoms with Gasteiger partial charge in [-0.2, -0.15) is 0 Å². The highest BCUT2D eigenvalue weighted by Gasteiger charge is 2.13. The van der Waals surface area contributed by atoms with E-state index in [2.05, 4.69) is 12.1 Å². The molecule has 0 spiro atoms. The lowest BCUT2D eigenvalue weighted by atomic mass is 10.1. The second-order valence-corrected chi connectivity index (χ2v) is 5.21. The lowest BCUT2D eigenvalue weighted by Crippen LogP contribution is -2.00. The largest absolute Gasteiger partial charge is 0.457 e. The zero-order chi connectivity index (χ0) is 13.2. The first-order chi connectivity index (χ1) is 9.28. The van der Waals surface area contributed by atoms with Crippen LogP contribution in [0, 0.1) is 0 Å². The second-order valence-electron chi connectivity index (χ2n) is 4.81. The number of hydrogen-bond donors (Lipinski definition) is 1. The summed E-state index contributed by atoms with van der Waals surface area (Å²) in [5.74, 6) is 1.60. The number of fused-ring (bicyclic) bond motifs is 1. The molecule has 2 nitrogen and oxygen atoms in total. The Morgan fingerprint density at radius 1 is 1.11 bits per heavy atom. The van der Waals surface area contributed by atoms with E-state index in [1.165, 1.54) is 24.0 Å². The molecule has 0 aromatic heterocycles. The highest BCUT2D eigenvalue weighted by atomic mass is 35.5. The number of benzene rings is 2. The molecule has 3 rings (SSSR count). The lowest BCUT2D eigenvalue weighted by Gasteiger charge is -2.12. The average Bonchev–Trinajstić information content (AvgIpc) is 2.86. The third-order valence-electron chi connectivity index (χ3n) is 3.58. The third kappa shape index (κ3) is 2.46. The monoisotopic (exact) mass is 273 g/mol. The van der Waals surface area contributed by atoms with Crippen molar-refractivity contribution in [2.24, 2.45) is 5.73 Å². The standard InChI is InChI=1S/C16H16ClNO/c17-15-5-2-6-16(14(15)10-18)19-13-8-7-11-3-1-4-12(11)9-13/h2,5-9H,1,3-4,10,18H2. The van der Waals surface area contributed by atoms with Crippen molar-refractivity contribution in [2.75, 3.05) is 0 Å². The molecule has 0 heterocycles. The van der Waals surface area contributed by atoms with Crippen LogP contribution in [-0.4, -0.2) is 0 Å². The predicted molar refractivity (Wildman–Crippen MR) is 77.9 cm³/mol. The van der Waals surface area contributed by atoms with Gasteiger partial charge < -0.3 is 10.5 Å². The van der Waals surface area contributed by atoms with Gasteiger partial charge >= 0.3 is 0 Å². The van der Waals surface area contributed by atoms with Crippen molar-refractivity contribution < 1.29 is 4.74 Å². The Balaban J connectivity index is 1.91. The first-order valence-corrected chi connectivity index (χ1v) is 6.93. The van der Waals surface area contributed by atoms with E-state index in [1.807, 2.05) is 24.3 Å². The lowest BCUT2D eigenvalue weighted by molar-refractivity contribution is 0.476. The summed E-state index contributed by atoms with van der Waals surface area (Å²) in [7, 11) is 0. The Hall–Kier alpha value is -1.51. The predicted octanol–water partition coefficient (Wildman–Crippen LogP) is 4.08. The molecule has 0 saturated heterocycles. The summed E-state index contributed by atoms with van der Waals surface area (Å²) in [6.45, 7) is 0.375. The molecule has 0 atom stereocenters. The number of nitrogens with two attached hydrogens (primary N) is 1. The van der Waals surface area contributed by atoms with Gasteiger partial charge in [-0.1, -0.05) is 23.7 Å². The van der Waals surface area contributed by atoms with Crippen LogP contribution in [-0.2, 0) is 19.4 Å². The normalized spacial score (nSPS) is 13.4. The van der Waals surface area contributed by atoms with Crippen LogP contribution in [0.2, 0.25) is 5.02 Å². The molecule has 2 aromatic rings. The van der Waals surface area contributed by atoms with E-state index in [1.54, 1.807) is 0 Å². The van der Waals surface area contributed by atoms with Crippen molar-refractivity contribution in [2.45, 2.75) is 25.8 Å². The van der Waals surface area contributed by atoms with Gasteiger partial charge in [0.15, 0.2) is 0 Å². The highest BCUT2D eigenvalue weighted by Crippen LogP contribution is 2.32. The molecule has 2 N–H and O–H groups in total. The SMILES string of the molecule is NCc1c(Cl)cccc1Oc1ccc2c(c1)CCC2. The average molecular weight is 274 g/mol. The maximum Gasteiger partial charge on any atom is 0.133 e. The van der Waals surface area contributed by atoms with E-state index in [4.69, 9.17) is 22.1 Å². The Labute approximate surface area is 118 Å². The fourth-order valence-corrected chi connectivity index (χ4v) is 2.81. The molecular weight excluding hydrogens is 258 g/mol. The Morgan fingerprint density at radius 3 is 2.79 bits per heavy atom. The van der Waals surface area contributed by atoms with Gasteiger partial charge in [-0.15, -0.1) is 0 Å². The first kappa shape index (κ1) is 12.5. The highest BCUT2D eigenvalue weighted by molar-refractivity contribution is 6.31. The van der Waals surface area contributed by atoms with Crippen molar-refractivity contribution in [3.8, 4) is 11.5 Å². The van der Waals surface area contributed by atoms with Crippen molar-refractivity contribution in [1.29, 1.82) is 0 Å². The summed E-state index contributed by atoms with van der Waals surface area (Å²) >= 11 is 6.13. The van der Waals surface area contributed by atoms with Crippen LogP contribution in [0.15, 0.2) is 36.4 Å². The molecule has 19 heavy (non-hydrogen) atoms. The summed E-state index contributed by atoms with van der Waals surface area (Å²) in [5.41, 5.74) is 9.42. The molecule has 0 fully saturated rings. The molecule has 0 saturated carbocycles.